The molecule has 1 heterocycles. The minimum atomic E-state index is -3.54. The van der Waals surface area contributed by atoms with Crippen molar-refractivity contribution in [1.82, 2.24) is 14.9 Å². The molecule has 2 amide bonds. The second-order valence-corrected chi connectivity index (χ2v) is 9.04. The Morgan fingerprint density at radius 3 is 2.33 bits per heavy atom. The fraction of sp³-hybridized carbons (Fsp3) is 0.579. The molecule has 0 unspecified atom stereocenters. The van der Waals surface area contributed by atoms with Crippen LogP contribution in [0.25, 0.3) is 0 Å². The summed E-state index contributed by atoms with van der Waals surface area (Å²) >= 11 is 0. The van der Waals surface area contributed by atoms with Crippen molar-refractivity contribution in [2.45, 2.75) is 51.0 Å². The fourth-order valence-corrected chi connectivity index (χ4v) is 4.37. The number of hydrogen-bond acceptors (Lipinski definition) is 4. The lowest BCUT2D eigenvalue weighted by molar-refractivity contribution is -0.122. The van der Waals surface area contributed by atoms with Crippen molar-refractivity contribution in [2.24, 2.45) is 5.92 Å². The molecule has 1 aliphatic heterocycles. The van der Waals surface area contributed by atoms with Crippen LogP contribution in [0.1, 0.15) is 50.4 Å². The third-order valence-corrected chi connectivity index (χ3v) is 6.70. The summed E-state index contributed by atoms with van der Waals surface area (Å²) in [5.41, 5.74) is 0.316. The van der Waals surface area contributed by atoms with E-state index < -0.39 is 22.0 Å². The highest BCUT2D eigenvalue weighted by atomic mass is 32.2. The first kappa shape index (κ1) is 21.4. The van der Waals surface area contributed by atoms with E-state index in [1.165, 1.54) is 28.6 Å². The Balaban J connectivity index is 2.01. The van der Waals surface area contributed by atoms with Gasteiger partial charge in [-0.25, -0.2) is 8.42 Å². The molecule has 2 N–H and O–H groups in total. The monoisotopic (exact) mass is 395 g/mol. The van der Waals surface area contributed by atoms with Crippen LogP contribution in [0.3, 0.4) is 0 Å². The highest BCUT2D eigenvalue weighted by Gasteiger charge is 2.28. The molecule has 1 aliphatic rings. The number of nitrogens with zero attached hydrogens (tertiary/aromatic N) is 1. The van der Waals surface area contributed by atoms with Crippen molar-refractivity contribution >= 4 is 21.8 Å². The van der Waals surface area contributed by atoms with Crippen molar-refractivity contribution in [3.63, 3.8) is 0 Å². The zero-order valence-electron chi connectivity index (χ0n) is 16.2. The molecule has 0 aliphatic carbocycles. The number of benzene rings is 1. The zero-order chi connectivity index (χ0) is 20.0. The molecule has 150 valence electrons. The second-order valence-electron chi connectivity index (χ2n) is 7.10. The lowest BCUT2D eigenvalue weighted by Crippen LogP contribution is -2.45. The summed E-state index contributed by atoms with van der Waals surface area (Å²) < 4.78 is 26.9. The molecule has 0 radical (unpaired) electrons. The molecule has 1 saturated heterocycles. The average Bonchev–Trinajstić information content (AvgIpc) is 2.66. The summed E-state index contributed by atoms with van der Waals surface area (Å²) in [7, 11) is -3.54. The Morgan fingerprint density at radius 1 is 1.19 bits per heavy atom. The third-order valence-electron chi connectivity index (χ3n) is 4.79. The summed E-state index contributed by atoms with van der Waals surface area (Å²) in [4.78, 5) is 24.3. The molecule has 7 nitrogen and oxygen atoms in total. The standard InChI is InChI=1S/C19H29N3O4S/c1-4-11-20-18(23)15(3)21-19(24)16-5-7-17(8-6-16)27(25,26)22-12-9-14(2)10-13-22/h5-8,14-15H,4,9-13H2,1-3H3,(H,20,23)(H,21,24)/t15-/m0/s1. The van der Waals surface area contributed by atoms with Gasteiger partial charge in [0.2, 0.25) is 15.9 Å². The SMILES string of the molecule is CCCNC(=O)[C@H](C)NC(=O)c1ccc(S(=O)(=O)N2CCC(C)CC2)cc1. The van der Waals surface area contributed by atoms with Crippen LogP contribution in [0.15, 0.2) is 29.2 Å². The highest BCUT2D eigenvalue weighted by Crippen LogP contribution is 2.23. The molecule has 2 rings (SSSR count). The van der Waals surface area contributed by atoms with Crippen LogP contribution in [-0.2, 0) is 14.8 Å². The largest absolute Gasteiger partial charge is 0.354 e. The molecule has 0 saturated carbocycles. The van der Waals surface area contributed by atoms with E-state index in [1.807, 2.05) is 6.92 Å². The average molecular weight is 396 g/mol. The molecular weight excluding hydrogens is 366 g/mol. The predicted octanol–water partition coefficient (Wildman–Crippen LogP) is 1.75. The molecule has 0 bridgehead atoms. The van der Waals surface area contributed by atoms with Gasteiger partial charge >= 0.3 is 0 Å². The van der Waals surface area contributed by atoms with Crippen LogP contribution in [0.2, 0.25) is 0 Å². The Kier molecular flexibility index (Phi) is 7.38. The Morgan fingerprint density at radius 2 is 1.78 bits per heavy atom. The molecule has 1 aromatic carbocycles. The van der Waals surface area contributed by atoms with Crippen molar-refractivity contribution in [3.8, 4) is 0 Å². The highest BCUT2D eigenvalue weighted by molar-refractivity contribution is 7.89. The molecular formula is C19H29N3O4S. The van der Waals surface area contributed by atoms with E-state index in [4.69, 9.17) is 0 Å². The third kappa shape index (κ3) is 5.52. The summed E-state index contributed by atoms with van der Waals surface area (Å²) in [5, 5.41) is 5.34. The van der Waals surface area contributed by atoms with Crippen molar-refractivity contribution in [2.75, 3.05) is 19.6 Å². The first-order chi connectivity index (χ1) is 12.8. The minimum absolute atomic E-state index is 0.183. The van der Waals surface area contributed by atoms with E-state index in [-0.39, 0.29) is 10.8 Å². The number of carbonyl (C=O) groups is 2. The number of nitrogens with one attached hydrogen (secondary N) is 2. The van der Waals surface area contributed by atoms with Crippen molar-refractivity contribution in [1.29, 1.82) is 0 Å². The van der Waals surface area contributed by atoms with Crippen LogP contribution in [-0.4, -0.2) is 50.2 Å². The number of sulfonamides is 1. The molecule has 0 aromatic heterocycles. The van der Waals surface area contributed by atoms with E-state index in [0.717, 1.165) is 19.3 Å². The first-order valence-electron chi connectivity index (χ1n) is 9.44. The summed E-state index contributed by atoms with van der Waals surface area (Å²) in [5.74, 6) is -0.118. The molecule has 8 heteroatoms. The van der Waals surface area contributed by atoms with Gasteiger partial charge in [-0.2, -0.15) is 4.31 Å². The number of rotatable bonds is 7. The van der Waals surface area contributed by atoms with Gasteiger partial charge in [-0.15, -0.1) is 0 Å². The van der Waals surface area contributed by atoms with Crippen LogP contribution in [0, 0.1) is 5.92 Å². The predicted molar refractivity (Wildman–Crippen MR) is 104 cm³/mol. The Labute approximate surface area is 161 Å². The number of amides is 2. The van der Waals surface area contributed by atoms with E-state index in [2.05, 4.69) is 17.6 Å². The Bertz CT molecular complexity index is 754. The van der Waals surface area contributed by atoms with E-state index >= 15 is 0 Å². The number of piperidine rings is 1. The molecule has 1 fully saturated rings. The quantitative estimate of drug-likeness (QED) is 0.735. The molecule has 27 heavy (non-hydrogen) atoms. The van der Waals surface area contributed by atoms with Gasteiger partial charge in [-0.05, 0) is 56.4 Å². The molecule has 1 aromatic rings. The van der Waals surface area contributed by atoms with Gasteiger partial charge in [0.1, 0.15) is 6.04 Å². The van der Waals surface area contributed by atoms with Gasteiger partial charge in [0.05, 0.1) is 4.90 Å². The minimum Gasteiger partial charge on any atom is -0.354 e. The van der Waals surface area contributed by atoms with Crippen LogP contribution in [0.4, 0.5) is 0 Å². The molecule has 1 atom stereocenters. The summed E-state index contributed by atoms with van der Waals surface area (Å²) in [6.45, 7) is 7.29. The van der Waals surface area contributed by atoms with Gasteiger partial charge in [0.25, 0.3) is 5.91 Å². The number of hydrogen-bond donors (Lipinski definition) is 2. The summed E-state index contributed by atoms with van der Waals surface area (Å²) in [6, 6.07) is 5.19. The maximum atomic E-state index is 12.7. The topological polar surface area (TPSA) is 95.6 Å². The zero-order valence-corrected chi connectivity index (χ0v) is 17.0. The Hall–Kier alpha value is -1.93. The van der Waals surface area contributed by atoms with Gasteiger partial charge in [0, 0.05) is 25.2 Å². The lowest BCUT2D eigenvalue weighted by atomic mass is 10.0. The van der Waals surface area contributed by atoms with Crippen LogP contribution >= 0.6 is 0 Å². The van der Waals surface area contributed by atoms with Crippen LogP contribution < -0.4 is 10.6 Å². The van der Waals surface area contributed by atoms with Gasteiger partial charge < -0.3 is 10.6 Å². The van der Waals surface area contributed by atoms with E-state index in [1.54, 1.807) is 6.92 Å². The summed E-state index contributed by atoms with van der Waals surface area (Å²) in [6.07, 6.45) is 2.54. The van der Waals surface area contributed by atoms with Crippen molar-refractivity contribution < 1.29 is 18.0 Å². The number of carbonyl (C=O) groups excluding carboxylic acids is 2. The van der Waals surface area contributed by atoms with E-state index in [0.29, 0.717) is 31.1 Å². The van der Waals surface area contributed by atoms with Gasteiger partial charge in [-0.1, -0.05) is 13.8 Å². The van der Waals surface area contributed by atoms with Gasteiger partial charge in [0.15, 0.2) is 0 Å². The van der Waals surface area contributed by atoms with Crippen LogP contribution in [0.5, 0.6) is 0 Å². The smallest absolute Gasteiger partial charge is 0.251 e. The first-order valence-corrected chi connectivity index (χ1v) is 10.9. The van der Waals surface area contributed by atoms with E-state index in [9.17, 15) is 18.0 Å². The molecule has 0 spiro atoms. The maximum absolute atomic E-state index is 12.7. The van der Waals surface area contributed by atoms with Gasteiger partial charge in [-0.3, -0.25) is 9.59 Å². The fourth-order valence-electron chi connectivity index (χ4n) is 2.90. The lowest BCUT2D eigenvalue weighted by Gasteiger charge is -2.29. The van der Waals surface area contributed by atoms with Crippen molar-refractivity contribution in [3.05, 3.63) is 29.8 Å². The second kappa shape index (κ2) is 9.32. The maximum Gasteiger partial charge on any atom is 0.251 e. The normalized spacial score (nSPS) is 17.3.